The van der Waals surface area contributed by atoms with Crippen LogP contribution >= 0.6 is 0 Å². The number of esters is 2. The molecule has 0 unspecified atom stereocenters. The Morgan fingerprint density at radius 1 is 0.971 bits per heavy atom. The molecular weight excluding hydrogens is 430 g/mol. The molecule has 1 N–H and O–H groups in total. The highest BCUT2D eigenvalue weighted by Gasteiger charge is 2.34. The first-order chi connectivity index (χ1) is 16.1. The number of carbonyl (C=O) groups excluding carboxylic acids is 3. The van der Waals surface area contributed by atoms with Crippen LogP contribution in [0.25, 0.3) is 0 Å². The van der Waals surface area contributed by atoms with Crippen molar-refractivity contribution in [1.29, 1.82) is 0 Å². The monoisotopic (exact) mass is 465 g/mol. The highest BCUT2D eigenvalue weighted by Crippen LogP contribution is 2.35. The summed E-state index contributed by atoms with van der Waals surface area (Å²) in [4.78, 5) is 38.1. The maximum absolute atomic E-state index is 13.0. The van der Waals surface area contributed by atoms with Gasteiger partial charge in [0, 0.05) is 5.69 Å². The molecule has 1 aliphatic rings. The first-order valence-corrected chi connectivity index (χ1v) is 12.0. The Kier molecular flexibility index (Phi) is 8.48. The van der Waals surface area contributed by atoms with Gasteiger partial charge in [0.05, 0.1) is 11.1 Å². The summed E-state index contributed by atoms with van der Waals surface area (Å²) >= 11 is 0. The summed E-state index contributed by atoms with van der Waals surface area (Å²) in [6.45, 7) is 9.90. The van der Waals surface area contributed by atoms with Crippen molar-refractivity contribution < 1.29 is 23.9 Å². The zero-order valence-corrected chi connectivity index (χ0v) is 20.7. The lowest BCUT2D eigenvalue weighted by Crippen LogP contribution is -2.36. The number of aryl methyl sites for hydroxylation is 2. The van der Waals surface area contributed by atoms with E-state index < -0.39 is 24.5 Å². The Labute approximate surface area is 202 Å². The van der Waals surface area contributed by atoms with Crippen molar-refractivity contribution in [3.8, 4) is 0 Å². The molecule has 6 nitrogen and oxygen atoms in total. The van der Waals surface area contributed by atoms with E-state index in [-0.39, 0.29) is 17.2 Å². The molecule has 0 bridgehead atoms. The van der Waals surface area contributed by atoms with Crippen LogP contribution in [0.4, 0.5) is 5.69 Å². The fraction of sp³-hybridized carbons (Fsp3) is 0.464. The van der Waals surface area contributed by atoms with Crippen molar-refractivity contribution in [1.82, 2.24) is 0 Å². The van der Waals surface area contributed by atoms with E-state index in [0.717, 1.165) is 30.4 Å². The average Bonchev–Trinajstić information content (AvgIpc) is 2.76. The van der Waals surface area contributed by atoms with Gasteiger partial charge in [-0.15, -0.1) is 0 Å². The summed E-state index contributed by atoms with van der Waals surface area (Å²) in [5.41, 5.74) is 2.93. The molecule has 3 atom stereocenters. The third-order valence-electron chi connectivity index (χ3n) is 6.43. The summed E-state index contributed by atoms with van der Waals surface area (Å²) in [5.74, 6) is -0.523. The minimum Gasteiger partial charge on any atom is -0.458 e. The summed E-state index contributed by atoms with van der Waals surface area (Å²) in [7, 11) is 0. The van der Waals surface area contributed by atoms with Crippen LogP contribution in [0.1, 0.15) is 71.9 Å². The molecule has 0 aromatic heterocycles. The van der Waals surface area contributed by atoms with Gasteiger partial charge in [0.25, 0.3) is 5.91 Å². The van der Waals surface area contributed by atoms with Crippen molar-refractivity contribution in [3.05, 3.63) is 64.7 Å². The lowest BCUT2D eigenvalue weighted by molar-refractivity contribution is -0.119. The standard InChI is InChI=1S/C28H35NO5/c1-17(2)22-11-10-18(3)15-25(22)34-28(32)24-9-7-6-8-23(24)27(31)33-16-26(30)29-21-13-19(4)12-20(5)14-21/h6-9,12-14,17-18,22,25H,10-11,15-16H2,1-5H3,(H,29,30)/t18-,22-,25-/m1/s1. The fourth-order valence-electron chi connectivity index (χ4n) is 4.74. The van der Waals surface area contributed by atoms with E-state index in [1.807, 2.05) is 32.0 Å². The van der Waals surface area contributed by atoms with Crippen molar-refractivity contribution in [2.45, 2.75) is 60.0 Å². The van der Waals surface area contributed by atoms with E-state index in [4.69, 9.17) is 9.47 Å². The molecule has 2 aromatic carbocycles. The number of rotatable bonds is 7. The van der Waals surface area contributed by atoms with Gasteiger partial charge in [-0.05, 0) is 79.8 Å². The van der Waals surface area contributed by atoms with Gasteiger partial charge in [-0.1, -0.05) is 45.4 Å². The first-order valence-electron chi connectivity index (χ1n) is 12.0. The van der Waals surface area contributed by atoms with Gasteiger partial charge in [0.2, 0.25) is 0 Å². The van der Waals surface area contributed by atoms with Crippen LogP contribution in [0, 0.1) is 31.6 Å². The summed E-state index contributed by atoms with van der Waals surface area (Å²) in [6.07, 6.45) is 2.80. The van der Waals surface area contributed by atoms with Crippen LogP contribution in [0.15, 0.2) is 42.5 Å². The quantitative estimate of drug-likeness (QED) is 0.529. The predicted octanol–water partition coefficient (Wildman–Crippen LogP) is 5.72. The Morgan fingerprint density at radius 2 is 1.59 bits per heavy atom. The number of ether oxygens (including phenoxy) is 2. The maximum Gasteiger partial charge on any atom is 0.339 e. The van der Waals surface area contributed by atoms with Crippen LogP contribution in [0.3, 0.4) is 0 Å². The highest BCUT2D eigenvalue weighted by molar-refractivity contribution is 6.04. The molecule has 1 amide bonds. The lowest BCUT2D eigenvalue weighted by Gasteiger charge is -2.36. The molecule has 6 heteroatoms. The van der Waals surface area contributed by atoms with Crippen molar-refractivity contribution in [3.63, 3.8) is 0 Å². The average molecular weight is 466 g/mol. The number of carbonyl (C=O) groups is 3. The van der Waals surface area contributed by atoms with Gasteiger partial charge in [-0.3, -0.25) is 4.79 Å². The number of anilines is 1. The zero-order chi connectivity index (χ0) is 24.8. The predicted molar refractivity (Wildman–Crippen MR) is 132 cm³/mol. The molecule has 182 valence electrons. The van der Waals surface area contributed by atoms with Gasteiger partial charge in [0.1, 0.15) is 6.10 Å². The number of hydrogen-bond donors (Lipinski definition) is 1. The Bertz CT molecular complexity index is 1020. The van der Waals surface area contributed by atoms with E-state index in [1.165, 1.54) is 6.07 Å². The number of nitrogens with one attached hydrogen (secondary N) is 1. The largest absolute Gasteiger partial charge is 0.458 e. The van der Waals surface area contributed by atoms with Crippen LogP contribution in [0.5, 0.6) is 0 Å². The smallest absolute Gasteiger partial charge is 0.339 e. The van der Waals surface area contributed by atoms with E-state index >= 15 is 0 Å². The maximum atomic E-state index is 13.0. The molecule has 3 rings (SSSR count). The minimum absolute atomic E-state index is 0.0941. The number of amides is 1. The van der Waals surface area contributed by atoms with E-state index in [9.17, 15) is 14.4 Å². The Balaban J connectivity index is 1.64. The van der Waals surface area contributed by atoms with E-state index in [0.29, 0.717) is 23.4 Å². The lowest BCUT2D eigenvalue weighted by atomic mass is 9.75. The molecule has 34 heavy (non-hydrogen) atoms. The molecule has 2 aromatic rings. The summed E-state index contributed by atoms with van der Waals surface area (Å²) in [5, 5.41) is 2.73. The second-order valence-electron chi connectivity index (χ2n) is 9.82. The number of benzene rings is 2. The normalized spacial score (nSPS) is 20.0. The third kappa shape index (κ3) is 6.69. The molecule has 0 aliphatic heterocycles. The van der Waals surface area contributed by atoms with Crippen molar-refractivity contribution in [2.75, 3.05) is 11.9 Å². The van der Waals surface area contributed by atoms with Gasteiger partial charge in [-0.25, -0.2) is 9.59 Å². The second-order valence-corrected chi connectivity index (χ2v) is 9.82. The van der Waals surface area contributed by atoms with Gasteiger partial charge in [0.15, 0.2) is 6.61 Å². The molecule has 0 spiro atoms. The summed E-state index contributed by atoms with van der Waals surface area (Å²) < 4.78 is 11.1. The van der Waals surface area contributed by atoms with Crippen molar-refractivity contribution >= 4 is 23.5 Å². The summed E-state index contributed by atoms with van der Waals surface area (Å²) in [6, 6.07) is 12.1. The zero-order valence-electron chi connectivity index (χ0n) is 20.7. The van der Waals surface area contributed by atoms with E-state index in [1.54, 1.807) is 18.2 Å². The van der Waals surface area contributed by atoms with Crippen LogP contribution in [0.2, 0.25) is 0 Å². The van der Waals surface area contributed by atoms with Gasteiger partial charge >= 0.3 is 11.9 Å². The minimum atomic E-state index is -0.736. The number of hydrogen-bond acceptors (Lipinski definition) is 5. The highest BCUT2D eigenvalue weighted by atomic mass is 16.5. The Hall–Kier alpha value is -3.15. The molecular formula is C28H35NO5. The second kappa shape index (κ2) is 11.3. The molecule has 1 aliphatic carbocycles. The van der Waals surface area contributed by atoms with Gasteiger partial charge < -0.3 is 14.8 Å². The molecule has 0 heterocycles. The molecule has 1 fully saturated rings. The van der Waals surface area contributed by atoms with Crippen LogP contribution < -0.4 is 5.32 Å². The Morgan fingerprint density at radius 3 is 2.21 bits per heavy atom. The van der Waals surface area contributed by atoms with Crippen LogP contribution in [-0.4, -0.2) is 30.6 Å². The SMILES string of the molecule is Cc1cc(C)cc(NC(=O)COC(=O)c2ccccc2C(=O)O[C@@H]2C[C@H](C)CC[C@@H]2C(C)C)c1. The third-order valence-corrected chi connectivity index (χ3v) is 6.43. The first kappa shape index (κ1) is 25.5. The fourth-order valence-corrected chi connectivity index (χ4v) is 4.74. The van der Waals surface area contributed by atoms with E-state index in [2.05, 4.69) is 26.1 Å². The molecule has 0 saturated heterocycles. The molecule has 0 radical (unpaired) electrons. The van der Waals surface area contributed by atoms with Crippen molar-refractivity contribution in [2.24, 2.45) is 17.8 Å². The topological polar surface area (TPSA) is 81.7 Å². The van der Waals surface area contributed by atoms with Gasteiger partial charge in [-0.2, -0.15) is 0 Å². The van der Waals surface area contributed by atoms with Crippen LogP contribution in [-0.2, 0) is 14.3 Å². The molecule has 1 saturated carbocycles.